The van der Waals surface area contributed by atoms with Crippen molar-refractivity contribution < 1.29 is 4.79 Å². The van der Waals surface area contributed by atoms with Gasteiger partial charge in [0.05, 0.1) is 11.4 Å². The first-order valence-electron chi connectivity index (χ1n) is 9.05. The zero-order chi connectivity index (χ0) is 20.1. The number of anilines is 1. The smallest absolute Gasteiger partial charge is 0.236 e. The van der Waals surface area contributed by atoms with Crippen LogP contribution in [0.5, 0.6) is 0 Å². The van der Waals surface area contributed by atoms with Crippen LogP contribution in [0.25, 0.3) is 11.3 Å². The third kappa shape index (κ3) is 5.12. The summed E-state index contributed by atoms with van der Waals surface area (Å²) in [5, 5.41) is 15.4. The van der Waals surface area contributed by atoms with Crippen LogP contribution in [0.15, 0.2) is 34.8 Å². The fourth-order valence-corrected chi connectivity index (χ4v) is 4.27. The van der Waals surface area contributed by atoms with Gasteiger partial charge < -0.3 is 9.88 Å². The van der Waals surface area contributed by atoms with Crippen LogP contribution in [-0.4, -0.2) is 31.4 Å². The quantitative estimate of drug-likeness (QED) is 0.485. The highest BCUT2D eigenvalue weighted by molar-refractivity contribution is 7.99. The van der Waals surface area contributed by atoms with Gasteiger partial charge in [-0.3, -0.25) is 4.79 Å². The van der Waals surface area contributed by atoms with Crippen LogP contribution in [0.2, 0.25) is 5.02 Å². The van der Waals surface area contributed by atoms with E-state index < -0.39 is 0 Å². The topological polar surface area (TPSA) is 72.7 Å². The van der Waals surface area contributed by atoms with E-state index in [1.54, 1.807) is 0 Å². The number of benzene rings is 1. The standard InChI is InChI=1S/C19H22ClN5OS2/c1-4-9-25-17(12(2)3)23-24-19(25)28-11-16(26)22-18-21-15(10-27-18)13-5-7-14(20)8-6-13/h5-8,10,12H,4,9,11H2,1-3H3,(H,21,22,26). The molecule has 6 nitrogen and oxygen atoms in total. The summed E-state index contributed by atoms with van der Waals surface area (Å²) in [7, 11) is 0. The molecule has 3 rings (SSSR count). The van der Waals surface area contributed by atoms with Gasteiger partial charge in [0.25, 0.3) is 0 Å². The number of rotatable bonds is 8. The minimum absolute atomic E-state index is 0.112. The number of nitrogens with zero attached hydrogens (tertiary/aromatic N) is 4. The van der Waals surface area contributed by atoms with Crippen molar-refractivity contribution >= 4 is 45.7 Å². The van der Waals surface area contributed by atoms with Crippen molar-refractivity contribution in [3.63, 3.8) is 0 Å². The van der Waals surface area contributed by atoms with E-state index >= 15 is 0 Å². The second-order valence-corrected chi connectivity index (χ2v) is 8.77. The largest absolute Gasteiger partial charge is 0.306 e. The zero-order valence-electron chi connectivity index (χ0n) is 16.0. The Morgan fingerprint density at radius 3 is 2.71 bits per heavy atom. The average molecular weight is 436 g/mol. The van der Waals surface area contributed by atoms with Crippen molar-refractivity contribution in [2.45, 2.75) is 44.8 Å². The Morgan fingerprint density at radius 2 is 2.04 bits per heavy atom. The molecule has 9 heteroatoms. The maximum Gasteiger partial charge on any atom is 0.236 e. The van der Waals surface area contributed by atoms with E-state index in [0.29, 0.717) is 16.1 Å². The molecule has 0 aliphatic heterocycles. The van der Waals surface area contributed by atoms with E-state index in [1.807, 2.05) is 29.6 Å². The molecule has 28 heavy (non-hydrogen) atoms. The van der Waals surface area contributed by atoms with Crippen LogP contribution in [0, 0.1) is 0 Å². The third-order valence-corrected chi connectivity index (χ3v) is 5.91. The second kappa shape index (κ2) is 9.54. The first kappa shape index (κ1) is 20.8. The number of hydrogen-bond donors (Lipinski definition) is 1. The molecule has 1 amide bonds. The summed E-state index contributed by atoms with van der Waals surface area (Å²) < 4.78 is 2.10. The Hall–Kier alpha value is -1.90. The van der Waals surface area contributed by atoms with E-state index in [9.17, 15) is 4.79 Å². The van der Waals surface area contributed by atoms with Crippen LogP contribution in [0.4, 0.5) is 5.13 Å². The SMILES string of the molecule is CCCn1c(SCC(=O)Nc2nc(-c3ccc(Cl)cc3)cs2)nnc1C(C)C. The molecule has 1 aromatic carbocycles. The number of carbonyl (C=O) groups excluding carboxylic acids is 1. The molecule has 0 saturated heterocycles. The first-order chi connectivity index (χ1) is 13.5. The maximum atomic E-state index is 12.3. The van der Waals surface area contributed by atoms with Crippen molar-refractivity contribution in [2.24, 2.45) is 0 Å². The fourth-order valence-electron chi connectivity index (χ4n) is 2.64. The summed E-state index contributed by atoms with van der Waals surface area (Å²) in [4.78, 5) is 16.8. The molecule has 3 aromatic rings. The number of halogens is 1. The fraction of sp³-hybridized carbons (Fsp3) is 0.368. The number of thioether (sulfide) groups is 1. The normalized spacial score (nSPS) is 11.2. The second-order valence-electron chi connectivity index (χ2n) is 6.53. The highest BCUT2D eigenvalue weighted by Gasteiger charge is 2.16. The lowest BCUT2D eigenvalue weighted by atomic mass is 10.2. The zero-order valence-corrected chi connectivity index (χ0v) is 18.4. The van der Waals surface area contributed by atoms with Crippen molar-refractivity contribution in [3.8, 4) is 11.3 Å². The van der Waals surface area contributed by atoms with Crippen molar-refractivity contribution in [3.05, 3.63) is 40.5 Å². The van der Waals surface area contributed by atoms with Gasteiger partial charge in [0.2, 0.25) is 5.91 Å². The molecule has 0 aliphatic rings. The summed E-state index contributed by atoms with van der Waals surface area (Å²) in [5.41, 5.74) is 1.78. The van der Waals surface area contributed by atoms with Crippen LogP contribution < -0.4 is 5.32 Å². The molecule has 1 N–H and O–H groups in total. The van der Waals surface area contributed by atoms with Crippen LogP contribution in [0.3, 0.4) is 0 Å². The van der Waals surface area contributed by atoms with E-state index in [4.69, 9.17) is 11.6 Å². The summed E-state index contributed by atoms with van der Waals surface area (Å²) in [6.45, 7) is 7.16. The minimum atomic E-state index is -0.112. The molecule has 148 valence electrons. The van der Waals surface area contributed by atoms with Gasteiger partial charge in [-0.25, -0.2) is 4.98 Å². The van der Waals surface area contributed by atoms with Gasteiger partial charge in [-0.2, -0.15) is 0 Å². The predicted octanol–water partition coefficient (Wildman–Crippen LogP) is 5.32. The lowest BCUT2D eigenvalue weighted by Crippen LogP contribution is -2.15. The summed E-state index contributed by atoms with van der Waals surface area (Å²) in [6, 6.07) is 7.46. The lowest BCUT2D eigenvalue weighted by Gasteiger charge is -2.10. The van der Waals surface area contributed by atoms with Crippen molar-refractivity contribution in [1.82, 2.24) is 19.7 Å². The minimum Gasteiger partial charge on any atom is -0.306 e. The van der Waals surface area contributed by atoms with E-state index in [2.05, 4.69) is 45.8 Å². The van der Waals surface area contributed by atoms with Crippen LogP contribution in [0.1, 0.15) is 38.9 Å². The molecule has 0 saturated carbocycles. The third-order valence-electron chi connectivity index (χ3n) is 3.93. The van der Waals surface area contributed by atoms with Crippen molar-refractivity contribution in [1.29, 1.82) is 0 Å². The van der Waals surface area contributed by atoms with Gasteiger partial charge in [-0.05, 0) is 18.6 Å². The number of thiazole rings is 1. The van der Waals surface area contributed by atoms with Gasteiger partial charge in [-0.15, -0.1) is 21.5 Å². The van der Waals surface area contributed by atoms with E-state index in [0.717, 1.165) is 35.2 Å². The van der Waals surface area contributed by atoms with E-state index in [1.165, 1.54) is 23.1 Å². The summed E-state index contributed by atoms with van der Waals surface area (Å²) in [5.74, 6) is 1.40. The van der Waals surface area contributed by atoms with Gasteiger partial charge in [0.1, 0.15) is 5.82 Å². The average Bonchev–Trinajstić information content (AvgIpc) is 3.28. The number of nitrogens with one attached hydrogen (secondary N) is 1. The Balaban J connectivity index is 1.60. The Bertz CT molecular complexity index is 936. The van der Waals surface area contributed by atoms with Crippen molar-refractivity contribution in [2.75, 3.05) is 11.1 Å². The van der Waals surface area contributed by atoms with E-state index in [-0.39, 0.29) is 11.7 Å². The number of aromatic nitrogens is 4. The van der Waals surface area contributed by atoms with Crippen LogP contribution in [-0.2, 0) is 11.3 Å². The van der Waals surface area contributed by atoms with Gasteiger partial charge >= 0.3 is 0 Å². The molecule has 2 aromatic heterocycles. The number of carbonyl (C=O) groups is 1. The molecule has 0 bridgehead atoms. The summed E-state index contributed by atoms with van der Waals surface area (Å²) >= 11 is 8.72. The Kier molecular flexibility index (Phi) is 7.09. The molecular formula is C19H22ClN5OS2. The number of hydrogen-bond acceptors (Lipinski definition) is 6. The highest BCUT2D eigenvalue weighted by atomic mass is 35.5. The van der Waals surface area contributed by atoms with Gasteiger partial charge in [0.15, 0.2) is 10.3 Å². The molecule has 0 radical (unpaired) electrons. The van der Waals surface area contributed by atoms with Crippen LogP contribution >= 0.6 is 34.7 Å². The molecule has 2 heterocycles. The first-order valence-corrected chi connectivity index (χ1v) is 11.3. The molecule has 0 fully saturated rings. The Labute approximate surface area is 177 Å². The molecular weight excluding hydrogens is 414 g/mol. The Morgan fingerprint density at radius 1 is 1.29 bits per heavy atom. The lowest BCUT2D eigenvalue weighted by molar-refractivity contribution is -0.113. The highest BCUT2D eigenvalue weighted by Crippen LogP contribution is 2.27. The summed E-state index contributed by atoms with van der Waals surface area (Å²) in [6.07, 6.45) is 0.990. The monoisotopic (exact) mass is 435 g/mol. The van der Waals surface area contributed by atoms with Gasteiger partial charge in [-0.1, -0.05) is 56.3 Å². The maximum absolute atomic E-state index is 12.3. The molecule has 0 spiro atoms. The predicted molar refractivity (Wildman–Crippen MR) is 116 cm³/mol. The molecule has 0 aliphatic carbocycles. The molecule has 0 unspecified atom stereocenters. The molecule has 0 atom stereocenters. The number of amides is 1. The van der Waals surface area contributed by atoms with Gasteiger partial charge in [0, 0.05) is 28.4 Å².